The van der Waals surface area contributed by atoms with Crippen LogP contribution in [-0.4, -0.2) is 53.6 Å². The van der Waals surface area contributed by atoms with Crippen molar-refractivity contribution in [3.05, 3.63) is 12.3 Å². The molecule has 0 spiro atoms. The van der Waals surface area contributed by atoms with Crippen LogP contribution in [0.1, 0.15) is 6.42 Å². The minimum atomic E-state index is -0.360. The van der Waals surface area contributed by atoms with Gasteiger partial charge < -0.3 is 15.8 Å². The zero-order valence-electron chi connectivity index (χ0n) is 10.5. The number of anilines is 1. The Kier molecular flexibility index (Phi) is 4.03. The molecule has 0 radical (unpaired) electrons. The number of nitrogen functional groups attached to an aromatic ring is 1. The number of nitrogens with zero attached hydrogens (tertiary/aromatic N) is 3. The van der Waals surface area contributed by atoms with Gasteiger partial charge >= 0.3 is 6.09 Å². The molecule has 2 rings (SSSR count). The van der Waals surface area contributed by atoms with Gasteiger partial charge in [-0.1, -0.05) is 0 Å². The summed E-state index contributed by atoms with van der Waals surface area (Å²) in [5, 5.41) is 6.95. The maximum absolute atomic E-state index is 11.1. The van der Waals surface area contributed by atoms with E-state index in [0.717, 1.165) is 32.6 Å². The van der Waals surface area contributed by atoms with Crippen LogP contribution >= 0.6 is 0 Å². The van der Waals surface area contributed by atoms with Gasteiger partial charge in [-0.25, -0.2) is 4.79 Å². The molecule has 18 heavy (non-hydrogen) atoms. The number of nitrogens with two attached hydrogens (primary N) is 1. The molecule has 7 heteroatoms. The van der Waals surface area contributed by atoms with Crippen molar-refractivity contribution in [3.63, 3.8) is 0 Å². The highest BCUT2D eigenvalue weighted by Crippen LogP contribution is 2.09. The van der Waals surface area contributed by atoms with Crippen molar-refractivity contribution >= 4 is 11.9 Å². The van der Waals surface area contributed by atoms with Crippen LogP contribution in [0, 0.1) is 0 Å². The van der Waals surface area contributed by atoms with Crippen LogP contribution in [0.4, 0.5) is 10.6 Å². The number of alkyl carbamates (subject to hydrolysis) is 1. The number of methoxy groups -OCH3 is 1. The Morgan fingerprint density at radius 1 is 1.67 bits per heavy atom. The van der Waals surface area contributed by atoms with E-state index < -0.39 is 0 Å². The average Bonchev–Trinajstić information content (AvgIpc) is 2.96. The first-order chi connectivity index (χ1) is 8.67. The van der Waals surface area contributed by atoms with Gasteiger partial charge in [-0.3, -0.25) is 9.58 Å². The molecule has 0 aromatic carbocycles. The predicted octanol–water partition coefficient (Wildman–Crippen LogP) is -0.104. The van der Waals surface area contributed by atoms with Crippen molar-refractivity contribution in [1.29, 1.82) is 0 Å². The highest BCUT2D eigenvalue weighted by Gasteiger charge is 2.23. The van der Waals surface area contributed by atoms with Gasteiger partial charge in [-0.05, 0) is 12.5 Å². The molecule has 1 aromatic rings. The summed E-state index contributed by atoms with van der Waals surface area (Å²) in [4.78, 5) is 13.4. The first kappa shape index (κ1) is 12.7. The fourth-order valence-corrected chi connectivity index (χ4v) is 2.12. The zero-order valence-corrected chi connectivity index (χ0v) is 10.5. The van der Waals surface area contributed by atoms with Crippen molar-refractivity contribution < 1.29 is 9.53 Å². The normalized spacial score (nSPS) is 19.9. The monoisotopic (exact) mass is 253 g/mol. The van der Waals surface area contributed by atoms with Gasteiger partial charge in [-0.2, -0.15) is 5.10 Å². The van der Waals surface area contributed by atoms with Crippen molar-refractivity contribution in [2.24, 2.45) is 0 Å². The molecule has 1 saturated heterocycles. The molecule has 1 atom stereocenters. The van der Waals surface area contributed by atoms with Crippen LogP contribution in [0.3, 0.4) is 0 Å². The molecule has 1 unspecified atom stereocenters. The van der Waals surface area contributed by atoms with E-state index in [0.29, 0.717) is 5.82 Å². The molecule has 0 saturated carbocycles. The van der Waals surface area contributed by atoms with Crippen molar-refractivity contribution in [2.45, 2.75) is 19.0 Å². The number of hydrogen-bond acceptors (Lipinski definition) is 5. The quantitative estimate of drug-likeness (QED) is 0.782. The lowest BCUT2D eigenvalue weighted by Crippen LogP contribution is -2.37. The van der Waals surface area contributed by atoms with Crippen LogP contribution in [0.25, 0.3) is 0 Å². The van der Waals surface area contributed by atoms with E-state index in [-0.39, 0.29) is 12.1 Å². The number of rotatable bonds is 4. The number of aromatic nitrogens is 2. The number of carbonyl (C=O) groups excluding carboxylic acids is 1. The largest absolute Gasteiger partial charge is 0.453 e. The number of ether oxygens (including phenoxy) is 1. The minimum absolute atomic E-state index is 0.181. The van der Waals surface area contributed by atoms with E-state index in [1.54, 1.807) is 6.07 Å². The Morgan fingerprint density at radius 2 is 2.50 bits per heavy atom. The summed E-state index contributed by atoms with van der Waals surface area (Å²) in [5.41, 5.74) is 5.55. The Hall–Kier alpha value is -1.76. The summed E-state index contributed by atoms with van der Waals surface area (Å²) in [6.45, 7) is 3.54. The molecule has 7 nitrogen and oxygen atoms in total. The summed E-state index contributed by atoms with van der Waals surface area (Å²) in [6.07, 6.45) is 2.47. The molecule has 1 aromatic heterocycles. The van der Waals surface area contributed by atoms with Crippen LogP contribution in [0.2, 0.25) is 0 Å². The number of likely N-dealkylation sites (tertiary alicyclic amines) is 1. The van der Waals surface area contributed by atoms with Crippen molar-refractivity contribution in [1.82, 2.24) is 20.0 Å². The fourth-order valence-electron chi connectivity index (χ4n) is 2.12. The first-order valence-electron chi connectivity index (χ1n) is 6.03. The van der Waals surface area contributed by atoms with Gasteiger partial charge in [-0.15, -0.1) is 0 Å². The number of carbonyl (C=O) groups is 1. The van der Waals surface area contributed by atoms with Gasteiger partial charge in [0, 0.05) is 31.9 Å². The Bertz CT molecular complexity index is 406. The standard InChI is InChI=1S/C11H19N5O2/c1-18-11(17)13-9-2-4-15(8-9)6-7-16-5-3-10(12)14-16/h3,5,9H,2,4,6-8H2,1H3,(H2,12,14)(H,13,17). The number of hydrogen-bond donors (Lipinski definition) is 2. The molecule has 3 N–H and O–H groups in total. The molecule has 100 valence electrons. The molecule has 2 heterocycles. The third kappa shape index (κ3) is 3.36. The van der Waals surface area contributed by atoms with Crippen molar-refractivity contribution in [3.8, 4) is 0 Å². The summed E-state index contributed by atoms with van der Waals surface area (Å²) >= 11 is 0. The highest BCUT2D eigenvalue weighted by molar-refractivity contribution is 5.67. The maximum Gasteiger partial charge on any atom is 0.407 e. The Balaban J connectivity index is 1.71. The van der Waals surface area contributed by atoms with Gasteiger partial charge in [0.1, 0.15) is 5.82 Å². The van der Waals surface area contributed by atoms with E-state index in [1.165, 1.54) is 7.11 Å². The van der Waals surface area contributed by atoms with Crippen LogP contribution in [0.15, 0.2) is 12.3 Å². The van der Waals surface area contributed by atoms with Gasteiger partial charge in [0.05, 0.1) is 13.7 Å². The van der Waals surface area contributed by atoms with Crippen LogP contribution in [-0.2, 0) is 11.3 Å². The fraction of sp³-hybridized carbons (Fsp3) is 0.636. The van der Waals surface area contributed by atoms with E-state index in [4.69, 9.17) is 5.73 Å². The Morgan fingerprint density at radius 3 is 3.17 bits per heavy atom. The second-order valence-electron chi connectivity index (χ2n) is 4.43. The zero-order chi connectivity index (χ0) is 13.0. The molecule has 0 bridgehead atoms. The highest BCUT2D eigenvalue weighted by atomic mass is 16.5. The lowest BCUT2D eigenvalue weighted by atomic mass is 10.3. The second-order valence-corrected chi connectivity index (χ2v) is 4.43. The van der Waals surface area contributed by atoms with Crippen molar-refractivity contribution in [2.75, 3.05) is 32.5 Å². The van der Waals surface area contributed by atoms with Gasteiger partial charge in [0.15, 0.2) is 0 Å². The topological polar surface area (TPSA) is 85.4 Å². The number of nitrogens with one attached hydrogen (secondary N) is 1. The molecular formula is C11H19N5O2. The molecule has 1 aliphatic heterocycles. The Labute approximate surface area is 106 Å². The summed E-state index contributed by atoms with van der Waals surface area (Å²) in [7, 11) is 1.38. The smallest absolute Gasteiger partial charge is 0.407 e. The molecular weight excluding hydrogens is 234 g/mol. The average molecular weight is 253 g/mol. The summed E-state index contributed by atoms with van der Waals surface area (Å²) in [6, 6.07) is 1.96. The van der Waals surface area contributed by atoms with Crippen LogP contribution < -0.4 is 11.1 Å². The lowest BCUT2D eigenvalue weighted by Gasteiger charge is -2.16. The van der Waals surface area contributed by atoms with E-state index in [9.17, 15) is 4.79 Å². The third-order valence-corrected chi connectivity index (χ3v) is 3.09. The van der Waals surface area contributed by atoms with Gasteiger partial charge in [0.25, 0.3) is 0 Å². The molecule has 0 aliphatic carbocycles. The van der Waals surface area contributed by atoms with E-state index in [1.807, 2.05) is 10.9 Å². The first-order valence-corrected chi connectivity index (χ1v) is 6.03. The van der Waals surface area contributed by atoms with Gasteiger partial charge in [0.2, 0.25) is 0 Å². The molecule has 1 aliphatic rings. The van der Waals surface area contributed by atoms with E-state index >= 15 is 0 Å². The SMILES string of the molecule is COC(=O)NC1CCN(CCn2ccc(N)n2)C1. The lowest BCUT2D eigenvalue weighted by molar-refractivity contribution is 0.166. The van der Waals surface area contributed by atoms with E-state index in [2.05, 4.69) is 20.1 Å². The summed E-state index contributed by atoms with van der Waals surface area (Å²) in [5.74, 6) is 0.543. The maximum atomic E-state index is 11.1. The molecule has 1 amide bonds. The third-order valence-electron chi connectivity index (χ3n) is 3.09. The second kappa shape index (κ2) is 5.72. The predicted molar refractivity (Wildman–Crippen MR) is 67.0 cm³/mol. The number of amides is 1. The summed E-state index contributed by atoms with van der Waals surface area (Å²) < 4.78 is 6.41. The molecule has 1 fully saturated rings. The van der Waals surface area contributed by atoms with Crippen LogP contribution in [0.5, 0.6) is 0 Å². The minimum Gasteiger partial charge on any atom is -0.453 e.